The molecular formula is C13H15N3O3. The van der Waals surface area contributed by atoms with Gasteiger partial charge in [0.25, 0.3) is 5.69 Å². The van der Waals surface area contributed by atoms with Crippen LogP contribution < -0.4 is 5.32 Å². The number of nitro groups is 1. The highest BCUT2D eigenvalue weighted by Gasteiger charge is 2.09. The molecule has 0 aliphatic heterocycles. The van der Waals surface area contributed by atoms with Crippen molar-refractivity contribution in [3.05, 3.63) is 46.2 Å². The molecule has 0 saturated heterocycles. The average Bonchev–Trinajstić information content (AvgIpc) is 2.88. The van der Waals surface area contributed by atoms with E-state index in [4.69, 9.17) is 4.52 Å². The van der Waals surface area contributed by atoms with E-state index in [9.17, 15) is 10.1 Å². The van der Waals surface area contributed by atoms with Crippen molar-refractivity contribution in [3.8, 4) is 11.3 Å². The van der Waals surface area contributed by atoms with Crippen LogP contribution in [-0.2, 0) is 6.42 Å². The third kappa shape index (κ3) is 3.38. The van der Waals surface area contributed by atoms with Crippen molar-refractivity contribution < 1.29 is 9.45 Å². The Morgan fingerprint density at radius 1 is 1.37 bits per heavy atom. The first-order valence-electron chi connectivity index (χ1n) is 6.05. The summed E-state index contributed by atoms with van der Waals surface area (Å²) in [4.78, 5) is 10.1. The van der Waals surface area contributed by atoms with E-state index in [1.165, 1.54) is 12.1 Å². The molecule has 0 bridgehead atoms. The molecule has 1 aromatic heterocycles. The van der Waals surface area contributed by atoms with Crippen molar-refractivity contribution in [1.82, 2.24) is 10.5 Å². The van der Waals surface area contributed by atoms with Gasteiger partial charge in [0, 0.05) is 30.2 Å². The minimum Gasteiger partial charge on any atom is -0.361 e. The van der Waals surface area contributed by atoms with E-state index < -0.39 is 4.92 Å². The standard InChI is InChI=1S/C13H15N3O3/c1-14-8-2-3-12-9-13(15-19-12)10-4-6-11(7-5-10)16(17)18/h4-7,9,14H,2-3,8H2,1H3. The molecule has 100 valence electrons. The SMILES string of the molecule is CNCCCc1cc(-c2ccc([N+](=O)[O-])cc2)no1. The van der Waals surface area contributed by atoms with Crippen molar-refractivity contribution in [3.63, 3.8) is 0 Å². The molecule has 0 spiro atoms. The first-order chi connectivity index (χ1) is 9.20. The molecule has 0 unspecified atom stereocenters. The van der Waals surface area contributed by atoms with Crippen molar-refractivity contribution in [2.24, 2.45) is 0 Å². The van der Waals surface area contributed by atoms with E-state index in [1.807, 2.05) is 13.1 Å². The summed E-state index contributed by atoms with van der Waals surface area (Å²) in [5, 5.41) is 17.6. The van der Waals surface area contributed by atoms with Crippen LogP contribution in [0.1, 0.15) is 12.2 Å². The van der Waals surface area contributed by atoms with Gasteiger partial charge in [-0.1, -0.05) is 5.16 Å². The molecule has 6 nitrogen and oxygen atoms in total. The summed E-state index contributed by atoms with van der Waals surface area (Å²) in [5.41, 5.74) is 1.59. The summed E-state index contributed by atoms with van der Waals surface area (Å²) >= 11 is 0. The predicted molar refractivity (Wildman–Crippen MR) is 70.8 cm³/mol. The molecular weight excluding hydrogens is 246 g/mol. The van der Waals surface area contributed by atoms with Gasteiger partial charge in [0.05, 0.1) is 4.92 Å². The van der Waals surface area contributed by atoms with Gasteiger partial charge in [0.15, 0.2) is 0 Å². The Bertz CT molecular complexity index is 549. The van der Waals surface area contributed by atoms with Crippen molar-refractivity contribution in [2.45, 2.75) is 12.8 Å². The molecule has 2 rings (SSSR count). The second-order valence-electron chi connectivity index (χ2n) is 4.19. The van der Waals surface area contributed by atoms with Gasteiger partial charge in [-0.15, -0.1) is 0 Å². The van der Waals surface area contributed by atoms with Gasteiger partial charge < -0.3 is 9.84 Å². The highest BCUT2D eigenvalue weighted by Crippen LogP contribution is 2.22. The molecule has 6 heteroatoms. The molecule has 1 heterocycles. The van der Waals surface area contributed by atoms with Crippen LogP contribution in [0.4, 0.5) is 5.69 Å². The summed E-state index contributed by atoms with van der Waals surface area (Å²) < 4.78 is 5.23. The van der Waals surface area contributed by atoms with Crippen LogP contribution >= 0.6 is 0 Å². The molecule has 0 radical (unpaired) electrons. The van der Waals surface area contributed by atoms with Gasteiger partial charge in [-0.25, -0.2) is 0 Å². The Balaban J connectivity index is 2.07. The Hall–Kier alpha value is -2.21. The molecule has 0 amide bonds. The second kappa shape index (κ2) is 6.10. The molecule has 0 fully saturated rings. The zero-order valence-corrected chi connectivity index (χ0v) is 10.6. The lowest BCUT2D eigenvalue weighted by atomic mass is 10.1. The largest absolute Gasteiger partial charge is 0.361 e. The first-order valence-corrected chi connectivity index (χ1v) is 6.05. The molecule has 0 aliphatic carbocycles. The fraction of sp³-hybridized carbons (Fsp3) is 0.308. The van der Waals surface area contributed by atoms with Crippen LogP contribution in [0.3, 0.4) is 0 Å². The van der Waals surface area contributed by atoms with Crippen molar-refractivity contribution >= 4 is 5.69 Å². The number of aromatic nitrogens is 1. The number of nitrogens with one attached hydrogen (secondary N) is 1. The van der Waals surface area contributed by atoms with Crippen LogP contribution in [0.2, 0.25) is 0 Å². The zero-order chi connectivity index (χ0) is 13.7. The summed E-state index contributed by atoms with van der Waals surface area (Å²) in [6.07, 6.45) is 1.80. The maximum atomic E-state index is 10.6. The Labute approximate surface area is 110 Å². The van der Waals surface area contributed by atoms with Gasteiger partial charge in [0.2, 0.25) is 0 Å². The van der Waals surface area contributed by atoms with E-state index in [-0.39, 0.29) is 5.69 Å². The van der Waals surface area contributed by atoms with Gasteiger partial charge in [-0.05, 0) is 32.1 Å². The predicted octanol–water partition coefficient (Wildman–Crippen LogP) is 2.40. The third-order valence-corrected chi connectivity index (χ3v) is 2.78. The highest BCUT2D eigenvalue weighted by molar-refractivity contribution is 5.60. The number of benzene rings is 1. The third-order valence-electron chi connectivity index (χ3n) is 2.78. The Kier molecular flexibility index (Phi) is 4.25. The first kappa shape index (κ1) is 13.2. The summed E-state index contributed by atoms with van der Waals surface area (Å²) in [5.74, 6) is 0.823. The Morgan fingerprint density at radius 2 is 2.11 bits per heavy atom. The lowest BCUT2D eigenvalue weighted by molar-refractivity contribution is -0.384. The zero-order valence-electron chi connectivity index (χ0n) is 10.6. The van der Waals surface area contributed by atoms with E-state index in [1.54, 1.807) is 12.1 Å². The molecule has 0 atom stereocenters. The molecule has 1 aromatic carbocycles. The number of hydrogen-bond acceptors (Lipinski definition) is 5. The smallest absolute Gasteiger partial charge is 0.269 e. The lowest BCUT2D eigenvalue weighted by Crippen LogP contribution is -2.08. The minimum absolute atomic E-state index is 0.0708. The van der Waals surface area contributed by atoms with Crippen molar-refractivity contribution in [1.29, 1.82) is 0 Å². The normalized spacial score (nSPS) is 10.6. The number of nitrogens with zero attached hydrogens (tertiary/aromatic N) is 2. The highest BCUT2D eigenvalue weighted by atomic mass is 16.6. The van der Waals surface area contributed by atoms with Gasteiger partial charge >= 0.3 is 0 Å². The van der Waals surface area contributed by atoms with E-state index in [0.717, 1.165) is 30.7 Å². The molecule has 0 aliphatic rings. The Morgan fingerprint density at radius 3 is 2.74 bits per heavy atom. The summed E-state index contributed by atoms with van der Waals surface area (Å²) in [6.45, 7) is 0.924. The second-order valence-corrected chi connectivity index (χ2v) is 4.19. The van der Waals surface area contributed by atoms with Gasteiger partial charge in [0.1, 0.15) is 11.5 Å². The van der Waals surface area contributed by atoms with E-state index in [0.29, 0.717) is 5.69 Å². The van der Waals surface area contributed by atoms with E-state index in [2.05, 4.69) is 10.5 Å². The monoisotopic (exact) mass is 261 g/mol. The maximum absolute atomic E-state index is 10.6. The van der Waals surface area contributed by atoms with Gasteiger partial charge in [-0.3, -0.25) is 10.1 Å². The maximum Gasteiger partial charge on any atom is 0.269 e. The van der Waals surface area contributed by atoms with Crippen LogP contribution in [0.5, 0.6) is 0 Å². The molecule has 19 heavy (non-hydrogen) atoms. The van der Waals surface area contributed by atoms with E-state index >= 15 is 0 Å². The molecule has 0 saturated carbocycles. The van der Waals surface area contributed by atoms with Crippen LogP contribution in [0, 0.1) is 10.1 Å². The van der Waals surface area contributed by atoms with Crippen LogP contribution in [0.15, 0.2) is 34.9 Å². The quantitative estimate of drug-likeness (QED) is 0.490. The number of rotatable bonds is 6. The fourth-order valence-corrected chi connectivity index (χ4v) is 1.76. The summed E-state index contributed by atoms with van der Waals surface area (Å²) in [7, 11) is 1.91. The number of hydrogen-bond donors (Lipinski definition) is 1. The lowest BCUT2D eigenvalue weighted by Gasteiger charge is -1.95. The van der Waals surface area contributed by atoms with Crippen molar-refractivity contribution in [2.75, 3.05) is 13.6 Å². The fourth-order valence-electron chi connectivity index (χ4n) is 1.76. The average molecular weight is 261 g/mol. The topological polar surface area (TPSA) is 81.2 Å². The van der Waals surface area contributed by atoms with Crippen LogP contribution in [-0.4, -0.2) is 23.7 Å². The summed E-state index contributed by atoms with van der Waals surface area (Å²) in [6, 6.07) is 8.15. The van der Waals surface area contributed by atoms with Gasteiger partial charge in [-0.2, -0.15) is 0 Å². The number of aryl methyl sites for hydroxylation is 1. The molecule has 1 N–H and O–H groups in total. The van der Waals surface area contributed by atoms with Crippen LogP contribution in [0.25, 0.3) is 11.3 Å². The minimum atomic E-state index is -0.421. The number of nitro benzene ring substituents is 1. The molecule has 2 aromatic rings. The number of non-ortho nitro benzene ring substituents is 1.